The van der Waals surface area contributed by atoms with Crippen LogP contribution in [0.25, 0.3) is 0 Å². The van der Waals surface area contributed by atoms with Gasteiger partial charge in [-0.15, -0.1) is 0 Å². The van der Waals surface area contributed by atoms with E-state index in [4.69, 9.17) is 0 Å². The molecule has 3 nitrogen and oxygen atoms in total. The Labute approximate surface area is 63.7 Å². The van der Waals surface area contributed by atoms with E-state index in [2.05, 4.69) is 4.98 Å². The molecule has 3 heteroatoms. The van der Waals surface area contributed by atoms with Crippen molar-refractivity contribution in [3.8, 4) is 0 Å². The van der Waals surface area contributed by atoms with E-state index in [-0.39, 0.29) is 21.0 Å². The van der Waals surface area contributed by atoms with Crippen molar-refractivity contribution in [3.05, 3.63) is 18.2 Å². The highest BCUT2D eigenvalue weighted by Crippen LogP contribution is 1.86. The molecule has 1 aromatic rings. The van der Waals surface area contributed by atoms with E-state index >= 15 is 0 Å². The number of aromatic nitrogens is 2. The molecule has 0 aliphatic carbocycles. The first-order valence-corrected chi connectivity index (χ1v) is 2.24. The van der Waals surface area contributed by atoms with Gasteiger partial charge in [0.15, 0.2) is 0 Å². The smallest absolute Gasteiger partial charge is 0.105 e. The molecule has 0 amide bonds. The fraction of sp³-hybridized carbons (Fsp3) is 0.571. The van der Waals surface area contributed by atoms with Crippen molar-refractivity contribution in [1.82, 2.24) is 15.7 Å². The van der Waals surface area contributed by atoms with Crippen LogP contribution in [0.3, 0.4) is 0 Å². The lowest BCUT2D eigenvalue weighted by molar-refractivity contribution is 0.858. The van der Waals surface area contributed by atoms with Crippen LogP contribution in [0.5, 0.6) is 0 Å². The van der Waals surface area contributed by atoms with Crippen molar-refractivity contribution in [2.75, 3.05) is 0 Å². The Hall–Kier alpha value is -0.830. The maximum Gasteiger partial charge on any atom is 0.105 e. The Morgan fingerprint density at radius 3 is 2.00 bits per heavy atom. The van der Waals surface area contributed by atoms with Gasteiger partial charge in [-0.25, -0.2) is 4.98 Å². The van der Waals surface area contributed by atoms with Crippen LogP contribution < -0.4 is 6.15 Å². The topological polar surface area (TPSA) is 52.8 Å². The second-order valence-electron chi connectivity index (χ2n) is 1.59. The minimum atomic E-state index is 0. The molecule has 62 valence electrons. The third kappa shape index (κ3) is 3.25. The summed E-state index contributed by atoms with van der Waals surface area (Å²) in [6.45, 7) is 1.97. The number of imidazole rings is 1. The third-order valence-electron chi connectivity index (χ3n) is 1.06. The van der Waals surface area contributed by atoms with Crippen LogP contribution in [0.15, 0.2) is 12.4 Å². The number of hydrogen-bond donors (Lipinski definition) is 1. The van der Waals surface area contributed by atoms with E-state index in [0.717, 1.165) is 5.82 Å². The van der Waals surface area contributed by atoms with Crippen LogP contribution in [0.2, 0.25) is 0 Å². The van der Waals surface area contributed by atoms with E-state index < -0.39 is 0 Å². The summed E-state index contributed by atoms with van der Waals surface area (Å²) < 4.78 is 1.97. The van der Waals surface area contributed by atoms with Gasteiger partial charge < -0.3 is 10.7 Å². The van der Waals surface area contributed by atoms with Crippen molar-refractivity contribution >= 4 is 0 Å². The molecule has 3 N–H and O–H groups in total. The standard InChI is InChI=1S/C5H8N2.2CH4.H3N/c1-5-6-3-4-7(5)2;;;/h3-4H,1-2H3;2*1H4;1H3. The Morgan fingerprint density at radius 2 is 1.90 bits per heavy atom. The van der Waals surface area contributed by atoms with Crippen LogP contribution in [-0.4, -0.2) is 9.55 Å². The first-order valence-electron chi connectivity index (χ1n) is 2.24. The van der Waals surface area contributed by atoms with Crippen LogP contribution in [0.4, 0.5) is 0 Å². The van der Waals surface area contributed by atoms with Gasteiger partial charge in [0.1, 0.15) is 5.82 Å². The average molecular weight is 145 g/mol. The molecule has 0 bridgehead atoms. The monoisotopic (exact) mass is 145 g/mol. The molecule has 0 aliphatic rings. The van der Waals surface area contributed by atoms with E-state index in [0.29, 0.717) is 0 Å². The van der Waals surface area contributed by atoms with Gasteiger partial charge in [0.05, 0.1) is 0 Å². The largest absolute Gasteiger partial charge is 0.344 e. The molecule has 1 aromatic heterocycles. The highest BCUT2D eigenvalue weighted by atomic mass is 15.0. The maximum absolute atomic E-state index is 3.98. The number of hydrogen-bond acceptors (Lipinski definition) is 2. The zero-order valence-corrected chi connectivity index (χ0v) is 5.26. The van der Waals surface area contributed by atoms with Crippen molar-refractivity contribution in [2.45, 2.75) is 21.8 Å². The van der Waals surface area contributed by atoms with Gasteiger partial charge >= 0.3 is 0 Å². The molecular weight excluding hydrogens is 126 g/mol. The number of aryl methyl sites for hydroxylation is 2. The van der Waals surface area contributed by atoms with Crippen LogP contribution >= 0.6 is 0 Å². The van der Waals surface area contributed by atoms with Crippen molar-refractivity contribution < 1.29 is 0 Å². The molecule has 0 saturated heterocycles. The Kier molecular flexibility index (Phi) is 10.1. The minimum absolute atomic E-state index is 0. The molecule has 0 fully saturated rings. The Morgan fingerprint density at radius 1 is 1.40 bits per heavy atom. The highest BCUT2D eigenvalue weighted by molar-refractivity contribution is 4.85. The van der Waals surface area contributed by atoms with Gasteiger partial charge in [0, 0.05) is 19.4 Å². The minimum Gasteiger partial charge on any atom is -0.344 e. The summed E-state index contributed by atoms with van der Waals surface area (Å²) in [6, 6.07) is 0. The molecule has 0 aromatic carbocycles. The van der Waals surface area contributed by atoms with Gasteiger partial charge in [-0.05, 0) is 6.92 Å². The maximum atomic E-state index is 3.98. The van der Waals surface area contributed by atoms with Crippen LogP contribution in [-0.2, 0) is 7.05 Å². The summed E-state index contributed by atoms with van der Waals surface area (Å²) in [4.78, 5) is 3.98. The molecule has 0 unspecified atom stereocenters. The van der Waals surface area contributed by atoms with Gasteiger partial charge in [0.2, 0.25) is 0 Å². The SMILES string of the molecule is C.C.Cc1nccn1C.N. The van der Waals surface area contributed by atoms with Crippen LogP contribution in [0, 0.1) is 6.92 Å². The summed E-state index contributed by atoms with van der Waals surface area (Å²) >= 11 is 0. The third-order valence-corrected chi connectivity index (χ3v) is 1.06. The highest BCUT2D eigenvalue weighted by Gasteiger charge is 1.83. The van der Waals surface area contributed by atoms with Gasteiger partial charge in [-0.3, -0.25) is 0 Å². The fourth-order valence-corrected chi connectivity index (χ4v) is 0.440. The van der Waals surface area contributed by atoms with Gasteiger partial charge in [-0.2, -0.15) is 0 Å². The predicted molar refractivity (Wildman–Crippen MR) is 46.4 cm³/mol. The second kappa shape index (κ2) is 6.29. The van der Waals surface area contributed by atoms with E-state index in [9.17, 15) is 0 Å². The Bertz CT molecular complexity index is 141. The summed E-state index contributed by atoms with van der Waals surface area (Å²) in [5.74, 6) is 1.06. The van der Waals surface area contributed by atoms with Crippen LogP contribution in [0.1, 0.15) is 20.7 Å². The molecule has 1 rings (SSSR count). The van der Waals surface area contributed by atoms with E-state index in [1.807, 2.05) is 24.7 Å². The lowest BCUT2D eigenvalue weighted by atomic mass is 10.7. The quantitative estimate of drug-likeness (QED) is 0.608. The lowest BCUT2D eigenvalue weighted by Gasteiger charge is -1.87. The normalized spacial score (nSPS) is 6.60. The zero-order valence-electron chi connectivity index (χ0n) is 5.26. The molecule has 0 aliphatic heterocycles. The Balaban J connectivity index is -0.000000163. The molecule has 0 radical (unpaired) electrons. The molecule has 0 spiro atoms. The predicted octanol–water partition coefficient (Wildman–Crippen LogP) is 2.16. The fourth-order valence-electron chi connectivity index (χ4n) is 0.440. The summed E-state index contributed by atoms with van der Waals surface area (Å²) in [6.07, 6.45) is 3.71. The van der Waals surface area contributed by atoms with Crippen molar-refractivity contribution in [3.63, 3.8) is 0 Å². The van der Waals surface area contributed by atoms with Gasteiger partial charge in [-0.1, -0.05) is 14.9 Å². The second-order valence-corrected chi connectivity index (χ2v) is 1.59. The lowest BCUT2D eigenvalue weighted by Crippen LogP contribution is -1.86. The average Bonchev–Trinajstić information content (AvgIpc) is 1.91. The first kappa shape index (κ1) is 16.1. The summed E-state index contributed by atoms with van der Waals surface area (Å²) in [5, 5.41) is 0. The summed E-state index contributed by atoms with van der Waals surface area (Å²) in [5.41, 5.74) is 0. The number of rotatable bonds is 0. The summed E-state index contributed by atoms with van der Waals surface area (Å²) in [7, 11) is 1.97. The molecule has 0 atom stereocenters. The van der Waals surface area contributed by atoms with Gasteiger partial charge in [0.25, 0.3) is 0 Å². The van der Waals surface area contributed by atoms with E-state index in [1.54, 1.807) is 6.20 Å². The zero-order chi connectivity index (χ0) is 5.28. The molecular formula is C7H19N3. The molecule has 10 heavy (non-hydrogen) atoms. The molecule has 1 heterocycles. The number of nitrogens with zero attached hydrogens (tertiary/aromatic N) is 2. The molecule has 0 saturated carbocycles. The van der Waals surface area contributed by atoms with E-state index in [1.165, 1.54) is 0 Å². The first-order chi connectivity index (χ1) is 3.30. The van der Waals surface area contributed by atoms with Crippen molar-refractivity contribution in [1.29, 1.82) is 0 Å². The van der Waals surface area contributed by atoms with Crippen molar-refractivity contribution in [2.24, 2.45) is 7.05 Å².